The summed E-state index contributed by atoms with van der Waals surface area (Å²) < 4.78 is 17.3. The molecule has 2 fully saturated rings. The molecule has 1 aromatic rings. The fourth-order valence-electron chi connectivity index (χ4n) is 3.73. The summed E-state index contributed by atoms with van der Waals surface area (Å²) in [6, 6.07) is 7.93. The van der Waals surface area contributed by atoms with Gasteiger partial charge in [0, 0.05) is 31.7 Å². The van der Waals surface area contributed by atoms with Crippen LogP contribution in [-0.2, 0) is 20.9 Å². The minimum absolute atomic E-state index is 0.108. The fourth-order valence-corrected chi connectivity index (χ4v) is 3.73. The lowest BCUT2D eigenvalue weighted by molar-refractivity contribution is -0.141. The molecule has 0 aromatic heterocycles. The zero-order valence-corrected chi connectivity index (χ0v) is 16.6. The highest BCUT2D eigenvalue weighted by Gasteiger charge is 2.25. The van der Waals surface area contributed by atoms with Gasteiger partial charge in [-0.2, -0.15) is 0 Å². The summed E-state index contributed by atoms with van der Waals surface area (Å²) in [6.07, 6.45) is 4.19. The number of amides is 1. The predicted molar refractivity (Wildman–Crippen MR) is 104 cm³/mol. The largest absolute Gasteiger partial charge is 0.496 e. The van der Waals surface area contributed by atoms with E-state index in [1.54, 1.807) is 7.11 Å². The molecule has 0 spiro atoms. The van der Waals surface area contributed by atoms with Gasteiger partial charge in [-0.25, -0.2) is 0 Å². The summed E-state index contributed by atoms with van der Waals surface area (Å²) in [7, 11) is 3.80. The maximum absolute atomic E-state index is 12.4. The van der Waals surface area contributed by atoms with Crippen molar-refractivity contribution in [2.45, 2.75) is 44.5 Å². The van der Waals surface area contributed by atoms with E-state index in [-0.39, 0.29) is 24.7 Å². The Morgan fingerprint density at radius 2 is 1.63 bits per heavy atom. The van der Waals surface area contributed by atoms with Crippen molar-refractivity contribution in [2.75, 3.05) is 46.9 Å². The average Bonchev–Trinajstić information content (AvgIpc) is 2.72. The summed E-state index contributed by atoms with van der Waals surface area (Å²) in [6.45, 7) is 4.34. The Morgan fingerprint density at radius 1 is 1.00 bits per heavy atom. The summed E-state index contributed by atoms with van der Waals surface area (Å²) in [5, 5.41) is 0. The Labute approximate surface area is 162 Å². The van der Waals surface area contributed by atoms with Crippen molar-refractivity contribution in [2.24, 2.45) is 0 Å². The number of carbonyl (C=O) groups is 1. The van der Waals surface area contributed by atoms with Crippen molar-refractivity contribution >= 4 is 5.91 Å². The average molecular weight is 376 g/mol. The third kappa shape index (κ3) is 5.92. The molecular formula is C21H32N2O4. The zero-order chi connectivity index (χ0) is 19.1. The van der Waals surface area contributed by atoms with Gasteiger partial charge in [-0.15, -0.1) is 0 Å². The lowest BCUT2D eigenvalue weighted by Crippen LogP contribution is -2.43. The first-order valence-corrected chi connectivity index (χ1v) is 9.97. The Hall–Kier alpha value is -1.63. The number of methoxy groups -OCH3 is 1. The molecule has 3 rings (SSSR count). The third-order valence-corrected chi connectivity index (χ3v) is 5.57. The summed E-state index contributed by atoms with van der Waals surface area (Å²) in [5.41, 5.74) is 1.06. The van der Waals surface area contributed by atoms with Crippen LogP contribution in [0.5, 0.6) is 5.75 Å². The lowest BCUT2D eigenvalue weighted by atomic mass is 10.1. The number of hydrogen-bond acceptors (Lipinski definition) is 5. The van der Waals surface area contributed by atoms with E-state index in [9.17, 15) is 4.79 Å². The first-order valence-electron chi connectivity index (χ1n) is 9.97. The first-order chi connectivity index (χ1) is 13.2. The highest BCUT2D eigenvalue weighted by molar-refractivity contribution is 5.77. The van der Waals surface area contributed by atoms with E-state index >= 15 is 0 Å². The highest BCUT2D eigenvalue weighted by atomic mass is 16.5. The van der Waals surface area contributed by atoms with Crippen LogP contribution < -0.4 is 4.74 Å². The van der Waals surface area contributed by atoms with Gasteiger partial charge in [0.05, 0.1) is 25.9 Å². The molecule has 0 N–H and O–H groups in total. The van der Waals surface area contributed by atoms with Crippen molar-refractivity contribution in [1.29, 1.82) is 0 Å². The van der Waals surface area contributed by atoms with E-state index < -0.39 is 0 Å². The van der Waals surface area contributed by atoms with Gasteiger partial charge in [0.2, 0.25) is 5.91 Å². The Balaban J connectivity index is 1.35. The van der Waals surface area contributed by atoms with Crippen LogP contribution in [0.1, 0.15) is 31.2 Å². The van der Waals surface area contributed by atoms with Gasteiger partial charge in [0.25, 0.3) is 0 Å². The van der Waals surface area contributed by atoms with E-state index in [0.717, 1.165) is 63.2 Å². The van der Waals surface area contributed by atoms with Crippen molar-refractivity contribution in [3.8, 4) is 5.75 Å². The lowest BCUT2D eigenvalue weighted by Gasteiger charge is -2.33. The van der Waals surface area contributed by atoms with Crippen molar-refractivity contribution in [3.05, 3.63) is 29.8 Å². The molecule has 27 heavy (non-hydrogen) atoms. The molecule has 0 unspecified atom stereocenters. The highest BCUT2D eigenvalue weighted by Crippen LogP contribution is 2.21. The van der Waals surface area contributed by atoms with Gasteiger partial charge in [-0.1, -0.05) is 18.2 Å². The quantitative estimate of drug-likeness (QED) is 0.731. The van der Waals surface area contributed by atoms with E-state index in [1.807, 2.05) is 29.2 Å². The molecule has 0 saturated carbocycles. The SMILES string of the molecule is COc1ccccc1COC1CCN(C(=O)COC2CCN(C)CC2)CC1. The van der Waals surface area contributed by atoms with Gasteiger partial charge in [-0.05, 0) is 38.8 Å². The minimum atomic E-state index is 0.108. The van der Waals surface area contributed by atoms with Crippen LogP contribution in [0.25, 0.3) is 0 Å². The monoisotopic (exact) mass is 376 g/mol. The van der Waals surface area contributed by atoms with Crippen LogP contribution in [0.15, 0.2) is 24.3 Å². The second kappa shape index (κ2) is 10.1. The fraction of sp³-hybridized carbons (Fsp3) is 0.667. The van der Waals surface area contributed by atoms with E-state index in [1.165, 1.54) is 0 Å². The summed E-state index contributed by atoms with van der Waals surface area (Å²) >= 11 is 0. The van der Waals surface area contributed by atoms with Crippen LogP contribution in [0.4, 0.5) is 0 Å². The van der Waals surface area contributed by atoms with Gasteiger partial charge in [0.1, 0.15) is 12.4 Å². The molecule has 2 heterocycles. The molecule has 0 aliphatic carbocycles. The molecule has 6 heteroatoms. The third-order valence-electron chi connectivity index (χ3n) is 5.57. The van der Waals surface area contributed by atoms with Crippen LogP contribution in [0.3, 0.4) is 0 Å². The van der Waals surface area contributed by atoms with Gasteiger partial charge in [-0.3, -0.25) is 4.79 Å². The molecule has 0 radical (unpaired) electrons. The van der Waals surface area contributed by atoms with Crippen LogP contribution >= 0.6 is 0 Å². The zero-order valence-electron chi connectivity index (χ0n) is 16.6. The molecule has 1 aromatic carbocycles. The van der Waals surface area contributed by atoms with Crippen molar-refractivity contribution in [3.63, 3.8) is 0 Å². The molecule has 2 aliphatic heterocycles. The van der Waals surface area contributed by atoms with Crippen LogP contribution in [-0.4, -0.2) is 74.9 Å². The maximum atomic E-state index is 12.4. The predicted octanol–water partition coefficient (Wildman–Crippen LogP) is 2.31. The first kappa shape index (κ1) is 20.1. The molecule has 2 saturated heterocycles. The number of carbonyl (C=O) groups excluding carboxylic acids is 1. The Morgan fingerprint density at radius 3 is 2.33 bits per heavy atom. The second-order valence-electron chi connectivity index (χ2n) is 7.52. The van der Waals surface area contributed by atoms with E-state index in [4.69, 9.17) is 14.2 Å². The van der Waals surface area contributed by atoms with E-state index in [2.05, 4.69) is 11.9 Å². The van der Waals surface area contributed by atoms with Gasteiger partial charge >= 0.3 is 0 Å². The minimum Gasteiger partial charge on any atom is -0.496 e. The standard InChI is InChI=1S/C21H32N2O4/c1-22-11-7-18(8-12-22)27-16-21(24)23-13-9-19(10-14-23)26-15-17-5-3-4-6-20(17)25-2/h3-6,18-19H,7-16H2,1-2H3. The molecule has 0 atom stereocenters. The molecular weight excluding hydrogens is 344 g/mol. The maximum Gasteiger partial charge on any atom is 0.248 e. The second-order valence-corrected chi connectivity index (χ2v) is 7.52. The normalized spacial score (nSPS) is 20.0. The van der Waals surface area contributed by atoms with Crippen LogP contribution in [0, 0.1) is 0 Å². The number of piperidine rings is 2. The number of hydrogen-bond donors (Lipinski definition) is 0. The summed E-state index contributed by atoms with van der Waals surface area (Å²) in [4.78, 5) is 16.6. The molecule has 150 valence electrons. The topological polar surface area (TPSA) is 51.2 Å². The van der Waals surface area contributed by atoms with Gasteiger partial charge in [0.15, 0.2) is 0 Å². The Kier molecular flexibility index (Phi) is 7.50. The molecule has 1 amide bonds. The van der Waals surface area contributed by atoms with Crippen LogP contribution in [0.2, 0.25) is 0 Å². The molecule has 2 aliphatic rings. The van der Waals surface area contributed by atoms with Gasteiger partial charge < -0.3 is 24.0 Å². The molecule has 0 bridgehead atoms. The number of likely N-dealkylation sites (tertiary alicyclic amines) is 2. The summed E-state index contributed by atoms with van der Waals surface area (Å²) in [5.74, 6) is 0.966. The number of benzene rings is 1. The number of para-hydroxylation sites is 1. The Bertz CT molecular complexity index is 594. The smallest absolute Gasteiger partial charge is 0.248 e. The number of nitrogens with zero attached hydrogens (tertiary/aromatic N) is 2. The van der Waals surface area contributed by atoms with E-state index in [0.29, 0.717) is 6.61 Å². The number of rotatable bonds is 7. The number of ether oxygens (including phenoxy) is 3. The molecule has 6 nitrogen and oxygen atoms in total. The van der Waals surface area contributed by atoms with Crippen molar-refractivity contribution < 1.29 is 19.0 Å². The van der Waals surface area contributed by atoms with Crippen molar-refractivity contribution in [1.82, 2.24) is 9.80 Å².